The van der Waals surface area contributed by atoms with Gasteiger partial charge in [-0.1, -0.05) is 15.9 Å². The van der Waals surface area contributed by atoms with Gasteiger partial charge in [0.25, 0.3) is 0 Å². The Hall–Kier alpha value is -2.15. The highest BCUT2D eigenvalue weighted by atomic mass is 79.9. The molecule has 1 heterocycles. The van der Waals surface area contributed by atoms with Crippen molar-refractivity contribution >= 4 is 27.8 Å². The summed E-state index contributed by atoms with van der Waals surface area (Å²) in [4.78, 5) is 20.2. The highest BCUT2D eigenvalue weighted by Crippen LogP contribution is 2.19. The van der Waals surface area contributed by atoms with Gasteiger partial charge in [-0.2, -0.15) is 0 Å². The molecule has 2 N–H and O–H groups in total. The van der Waals surface area contributed by atoms with Crippen molar-refractivity contribution in [1.29, 1.82) is 0 Å². The van der Waals surface area contributed by atoms with Crippen LogP contribution in [0.1, 0.15) is 28.7 Å². The number of ether oxygens (including phenoxy) is 2. The fourth-order valence-electron chi connectivity index (χ4n) is 1.91. The highest BCUT2D eigenvalue weighted by Gasteiger charge is 2.19. The summed E-state index contributed by atoms with van der Waals surface area (Å²) in [6.07, 6.45) is 0. The zero-order valence-corrected chi connectivity index (χ0v) is 13.9. The average molecular weight is 366 g/mol. The number of aromatic nitrogens is 2. The number of carbonyl (C=O) groups is 1. The lowest BCUT2D eigenvalue weighted by molar-refractivity contribution is 0.0521. The van der Waals surface area contributed by atoms with Crippen LogP contribution in [0.4, 0.5) is 5.95 Å². The molecule has 0 aliphatic carbocycles. The predicted octanol–water partition coefficient (Wildman–Crippen LogP) is 2.89. The maximum atomic E-state index is 12.0. The maximum Gasteiger partial charge on any atom is 0.341 e. The third-order valence-corrected chi connectivity index (χ3v) is 3.38. The van der Waals surface area contributed by atoms with E-state index in [1.807, 2.05) is 24.3 Å². The number of nitrogens with two attached hydrogens (primary N) is 1. The van der Waals surface area contributed by atoms with E-state index in [2.05, 4.69) is 25.9 Å². The Bertz CT molecular complexity index is 674. The molecule has 0 saturated carbocycles. The van der Waals surface area contributed by atoms with Crippen molar-refractivity contribution in [2.24, 2.45) is 0 Å². The van der Waals surface area contributed by atoms with Crippen molar-refractivity contribution in [2.75, 3.05) is 12.3 Å². The molecular weight excluding hydrogens is 350 g/mol. The Morgan fingerprint density at radius 3 is 2.59 bits per heavy atom. The summed E-state index contributed by atoms with van der Waals surface area (Å²) >= 11 is 3.35. The summed E-state index contributed by atoms with van der Waals surface area (Å²) in [7, 11) is 0. The molecule has 0 atom stereocenters. The minimum atomic E-state index is -0.477. The van der Waals surface area contributed by atoms with Crippen molar-refractivity contribution in [2.45, 2.75) is 20.5 Å². The predicted molar refractivity (Wildman–Crippen MR) is 85.6 cm³/mol. The van der Waals surface area contributed by atoms with E-state index in [0.29, 0.717) is 22.7 Å². The molecule has 0 aliphatic heterocycles. The van der Waals surface area contributed by atoms with Crippen LogP contribution in [0.2, 0.25) is 0 Å². The first-order valence-corrected chi connectivity index (χ1v) is 7.49. The first-order chi connectivity index (χ1) is 10.5. The van der Waals surface area contributed by atoms with Crippen molar-refractivity contribution < 1.29 is 14.3 Å². The lowest BCUT2D eigenvalue weighted by Gasteiger charge is -2.12. The van der Waals surface area contributed by atoms with Crippen LogP contribution in [0, 0.1) is 6.92 Å². The second-order valence-electron chi connectivity index (χ2n) is 4.45. The van der Waals surface area contributed by atoms with Gasteiger partial charge in [-0.3, -0.25) is 0 Å². The van der Waals surface area contributed by atoms with Crippen LogP contribution in [0.25, 0.3) is 0 Å². The minimum absolute atomic E-state index is 0.0972. The number of aryl methyl sites for hydroxylation is 1. The fraction of sp³-hybridized carbons (Fsp3) is 0.267. The summed E-state index contributed by atoms with van der Waals surface area (Å²) in [5, 5.41) is 0. The van der Waals surface area contributed by atoms with Crippen LogP contribution in [0.5, 0.6) is 5.75 Å². The second kappa shape index (κ2) is 7.22. The molecule has 0 amide bonds. The zero-order chi connectivity index (χ0) is 16.1. The molecular formula is C15H16BrN3O3. The van der Waals surface area contributed by atoms with E-state index in [1.54, 1.807) is 13.8 Å². The number of rotatable bonds is 5. The topological polar surface area (TPSA) is 87.3 Å². The van der Waals surface area contributed by atoms with E-state index in [0.717, 1.165) is 4.47 Å². The quantitative estimate of drug-likeness (QED) is 0.819. The monoisotopic (exact) mass is 365 g/mol. The zero-order valence-electron chi connectivity index (χ0n) is 12.3. The Morgan fingerprint density at radius 1 is 1.27 bits per heavy atom. The number of esters is 1. The Morgan fingerprint density at radius 2 is 1.95 bits per heavy atom. The van der Waals surface area contributed by atoms with Gasteiger partial charge in [0.2, 0.25) is 5.95 Å². The molecule has 0 fully saturated rings. The molecule has 0 saturated heterocycles. The van der Waals surface area contributed by atoms with E-state index >= 15 is 0 Å². The number of hydrogen-bond donors (Lipinski definition) is 1. The molecule has 2 aromatic rings. The molecule has 0 radical (unpaired) electrons. The molecule has 1 aromatic carbocycles. The van der Waals surface area contributed by atoms with E-state index in [9.17, 15) is 4.79 Å². The third kappa shape index (κ3) is 3.94. The second-order valence-corrected chi connectivity index (χ2v) is 5.37. The Kier molecular flexibility index (Phi) is 5.32. The lowest BCUT2D eigenvalue weighted by Crippen LogP contribution is -2.16. The summed E-state index contributed by atoms with van der Waals surface area (Å²) in [6.45, 7) is 3.80. The van der Waals surface area contributed by atoms with Gasteiger partial charge in [-0.15, -0.1) is 0 Å². The average Bonchev–Trinajstić information content (AvgIpc) is 2.46. The van der Waals surface area contributed by atoms with Gasteiger partial charge in [0, 0.05) is 4.47 Å². The molecule has 0 aliphatic rings. The van der Waals surface area contributed by atoms with E-state index in [-0.39, 0.29) is 19.2 Å². The number of halogens is 1. The molecule has 0 unspecified atom stereocenters. The SMILES string of the molecule is CCOC(=O)c1c(C)nc(N)nc1COc1ccc(Br)cc1. The Labute approximate surface area is 136 Å². The van der Waals surface area contributed by atoms with Gasteiger partial charge < -0.3 is 15.2 Å². The number of carbonyl (C=O) groups excluding carboxylic acids is 1. The van der Waals surface area contributed by atoms with Crippen molar-refractivity contribution in [1.82, 2.24) is 9.97 Å². The summed E-state index contributed by atoms with van der Waals surface area (Å²) < 4.78 is 11.6. The van der Waals surface area contributed by atoms with Crippen LogP contribution in [-0.2, 0) is 11.3 Å². The van der Waals surface area contributed by atoms with E-state index < -0.39 is 5.97 Å². The van der Waals surface area contributed by atoms with Crippen molar-refractivity contribution in [3.05, 3.63) is 45.7 Å². The number of benzene rings is 1. The van der Waals surface area contributed by atoms with Gasteiger partial charge in [-0.05, 0) is 38.1 Å². The molecule has 0 bridgehead atoms. The molecule has 0 spiro atoms. The van der Waals surface area contributed by atoms with Crippen molar-refractivity contribution in [3.63, 3.8) is 0 Å². The molecule has 2 rings (SSSR count). The van der Waals surface area contributed by atoms with Gasteiger partial charge >= 0.3 is 5.97 Å². The molecule has 116 valence electrons. The molecule has 7 heteroatoms. The van der Waals surface area contributed by atoms with Crippen LogP contribution < -0.4 is 10.5 Å². The first kappa shape index (κ1) is 16.2. The van der Waals surface area contributed by atoms with Crippen LogP contribution >= 0.6 is 15.9 Å². The molecule has 6 nitrogen and oxygen atoms in total. The number of anilines is 1. The lowest BCUT2D eigenvalue weighted by atomic mass is 10.1. The number of nitrogen functional groups attached to an aromatic ring is 1. The normalized spacial score (nSPS) is 10.3. The van der Waals surface area contributed by atoms with Gasteiger partial charge in [0.15, 0.2) is 0 Å². The van der Waals surface area contributed by atoms with Crippen LogP contribution in [0.3, 0.4) is 0 Å². The third-order valence-electron chi connectivity index (χ3n) is 2.85. The largest absolute Gasteiger partial charge is 0.487 e. The smallest absolute Gasteiger partial charge is 0.341 e. The highest BCUT2D eigenvalue weighted by molar-refractivity contribution is 9.10. The minimum Gasteiger partial charge on any atom is -0.487 e. The van der Waals surface area contributed by atoms with Crippen LogP contribution in [-0.4, -0.2) is 22.5 Å². The summed E-state index contributed by atoms with van der Waals surface area (Å²) in [5.41, 5.74) is 6.84. The number of nitrogens with zero attached hydrogens (tertiary/aromatic N) is 2. The van der Waals surface area contributed by atoms with Gasteiger partial charge in [0.05, 0.1) is 18.0 Å². The molecule has 22 heavy (non-hydrogen) atoms. The van der Waals surface area contributed by atoms with Crippen LogP contribution in [0.15, 0.2) is 28.7 Å². The summed E-state index contributed by atoms with van der Waals surface area (Å²) in [5.74, 6) is 0.280. The molecule has 1 aromatic heterocycles. The first-order valence-electron chi connectivity index (χ1n) is 6.69. The standard InChI is InChI=1S/C15H16BrN3O3/c1-3-21-14(20)13-9(2)18-15(17)19-12(13)8-22-11-6-4-10(16)5-7-11/h4-7H,3,8H2,1-2H3,(H2,17,18,19). The van der Waals surface area contributed by atoms with Gasteiger partial charge in [0.1, 0.15) is 17.9 Å². The Balaban J connectivity index is 2.25. The fourth-order valence-corrected chi connectivity index (χ4v) is 2.18. The van der Waals surface area contributed by atoms with E-state index in [4.69, 9.17) is 15.2 Å². The number of hydrogen-bond acceptors (Lipinski definition) is 6. The van der Waals surface area contributed by atoms with Crippen molar-refractivity contribution in [3.8, 4) is 5.75 Å². The van der Waals surface area contributed by atoms with Gasteiger partial charge in [-0.25, -0.2) is 14.8 Å². The maximum absolute atomic E-state index is 12.0. The summed E-state index contributed by atoms with van der Waals surface area (Å²) in [6, 6.07) is 7.35. The van der Waals surface area contributed by atoms with E-state index in [1.165, 1.54) is 0 Å².